The molecule has 3 heterocycles. The first-order valence-corrected chi connectivity index (χ1v) is 10.3. The predicted octanol–water partition coefficient (Wildman–Crippen LogP) is -5.07. The first-order chi connectivity index (χ1) is 16.3. The van der Waals surface area contributed by atoms with Crippen LogP contribution in [0, 0.1) is 0 Å². The van der Waals surface area contributed by atoms with Gasteiger partial charge in [-0.25, -0.2) is 14.8 Å². The summed E-state index contributed by atoms with van der Waals surface area (Å²) in [4.78, 5) is 47.2. The number of nitrogens with two attached hydrogens (primary N) is 2. The number of rotatable bonds is 11. The van der Waals surface area contributed by atoms with Crippen LogP contribution in [0.4, 0.5) is 5.95 Å². The molecule has 0 aromatic carbocycles. The van der Waals surface area contributed by atoms with Crippen molar-refractivity contribution in [2.24, 2.45) is 11.5 Å². The van der Waals surface area contributed by atoms with Gasteiger partial charge < -0.3 is 32.9 Å². The van der Waals surface area contributed by atoms with Crippen molar-refractivity contribution in [3.63, 3.8) is 0 Å². The Labute approximate surface area is 217 Å². The Morgan fingerprint density at radius 3 is 2.58 bits per heavy atom. The van der Waals surface area contributed by atoms with Gasteiger partial charge in [-0.1, -0.05) is 0 Å². The van der Waals surface area contributed by atoms with Crippen LogP contribution in [0.1, 0.15) is 16.8 Å². The number of pyridine rings is 2. The minimum atomic E-state index is -1.20. The van der Waals surface area contributed by atoms with E-state index in [4.69, 9.17) is 16.2 Å². The van der Waals surface area contributed by atoms with Crippen molar-refractivity contribution in [2.45, 2.75) is 12.5 Å². The van der Waals surface area contributed by atoms with Gasteiger partial charge in [-0.2, -0.15) is 0 Å². The number of halogens is 2. The summed E-state index contributed by atoms with van der Waals surface area (Å²) in [5.74, 6) is -1.05. The number of hydrogen-bond acceptors (Lipinski definition) is 7. The fourth-order valence-electron chi connectivity index (χ4n) is 2.94. The van der Waals surface area contributed by atoms with E-state index in [-0.39, 0.29) is 48.8 Å². The third-order valence-electron chi connectivity index (χ3n) is 4.59. The first-order valence-electron chi connectivity index (χ1n) is 10.3. The lowest BCUT2D eigenvalue weighted by molar-refractivity contribution is -0.460. The molecule has 0 saturated heterocycles. The van der Waals surface area contributed by atoms with Crippen LogP contribution in [-0.2, 0) is 4.79 Å². The quantitative estimate of drug-likeness (QED) is 0.0775. The molecule has 0 saturated carbocycles. The number of carbonyl (C=O) groups excluding carboxylic acids is 1. The predicted molar refractivity (Wildman–Crippen MR) is 130 cm³/mol. The molecule has 36 heavy (non-hydrogen) atoms. The zero-order chi connectivity index (χ0) is 24.5. The summed E-state index contributed by atoms with van der Waals surface area (Å²) in [7, 11) is 0. The van der Waals surface area contributed by atoms with Crippen LogP contribution >= 0.6 is 12.4 Å². The van der Waals surface area contributed by atoms with Crippen molar-refractivity contribution in [2.75, 3.05) is 25.0 Å². The highest BCUT2D eigenvalue weighted by Gasteiger charge is 2.20. The Morgan fingerprint density at radius 2 is 1.92 bits per heavy atom. The van der Waals surface area contributed by atoms with Gasteiger partial charge in [-0.3, -0.25) is 30.4 Å². The molecule has 1 amide bonds. The highest BCUT2D eigenvalue weighted by molar-refractivity contribution is 5.95. The van der Waals surface area contributed by atoms with Crippen molar-refractivity contribution >= 4 is 41.7 Å². The molecule has 1 unspecified atom stereocenters. The van der Waals surface area contributed by atoms with E-state index in [1.165, 1.54) is 35.1 Å². The zero-order valence-electron chi connectivity index (χ0n) is 18.9. The number of aliphatic carboxylic acids is 1. The second-order valence-electron chi connectivity index (χ2n) is 7.14. The molecule has 0 fully saturated rings. The van der Waals surface area contributed by atoms with Crippen LogP contribution < -0.4 is 49.8 Å². The Hall–Kier alpha value is -4.10. The minimum Gasteiger partial charge on any atom is -1.00 e. The normalized spacial score (nSPS) is 10.8. The van der Waals surface area contributed by atoms with Crippen molar-refractivity contribution in [1.29, 1.82) is 0 Å². The molecule has 13 nitrogen and oxygen atoms in total. The first kappa shape index (κ1) is 29.9. The van der Waals surface area contributed by atoms with E-state index in [1.54, 1.807) is 18.2 Å². The molecule has 0 spiro atoms. The largest absolute Gasteiger partial charge is 1.00 e. The summed E-state index contributed by atoms with van der Waals surface area (Å²) in [5.41, 5.74) is 10.8. The van der Waals surface area contributed by atoms with Crippen molar-refractivity contribution in [3.05, 3.63) is 64.8 Å². The number of fused-ring (bicyclic) bond motifs is 1. The summed E-state index contributed by atoms with van der Waals surface area (Å²) in [6.45, 7) is 0.680. The topological polar surface area (TPSA) is 201 Å². The van der Waals surface area contributed by atoms with E-state index in [0.717, 1.165) is 0 Å². The molecule has 194 valence electrons. The highest BCUT2D eigenvalue weighted by atomic mass is 35.5. The third-order valence-corrected chi connectivity index (χ3v) is 4.59. The van der Waals surface area contributed by atoms with Gasteiger partial charge in [0, 0.05) is 42.5 Å². The summed E-state index contributed by atoms with van der Waals surface area (Å²) in [5, 5.41) is 14.5. The fourth-order valence-corrected chi connectivity index (χ4v) is 2.94. The molecule has 0 aliphatic carbocycles. The van der Waals surface area contributed by atoms with Crippen LogP contribution in [0.15, 0.2) is 53.7 Å². The lowest BCUT2D eigenvalue weighted by atomic mass is 10.2. The zero-order valence-corrected chi connectivity index (χ0v) is 20.5. The second-order valence-corrected chi connectivity index (χ2v) is 7.14. The van der Waals surface area contributed by atoms with Gasteiger partial charge in [0.05, 0.1) is 19.3 Å². The van der Waals surface area contributed by atoms with Gasteiger partial charge in [-0.05, 0) is 24.3 Å². The van der Waals surface area contributed by atoms with E-state index >= 15 is 0 Å². The molecular formula is C21H26Cl2N8O5. The van der Waals surface area contributed by atoms with E-state index in [9.17, 15) is 19.5 Å². The van der Waals surface area contributed by atoms with Crippen molar-refractivity contribution in [3.8, 4) is 5.75 Å². The Bertz CT molecular complexity index is 1250. The van der Waals surface area contributed by atoms with Crippen LogP contribution in [0.5, 0.6) is 5.75 Å². The minimum absolute atomic E-state index is 0. The van der Waals surface area contributed by atoms with E-state index in [0.29, 0.717) is 30.8 Å². The molecule has 0 bridgehead atoms. The van der Waals surface area contributed by atoms with Crippen LogP contribution in [0.2, 0.25) is 0 Å². The average molecular weight is 541 g/mol. The lowest BCUT2D eigenvalue weighted by Gasteiger charge is -2.15. The van der Waals surface area contributed by atoms with E-state index < -0.39 is 23.5 Å². The van der Waals surface area contributed by atoms with Crippen molar-refractivity contribution < 1.29 is 36.8 Å². The number of amides is 1. The molecule has 15 heteroatoms. The summed E-state index contributed by atoms with van der Waals surface area (Å²) >= 11 is 0. The number of carboxylic acid groups (broad SMARTS) is 1. The summed E-state index contributed by atoms with van der Waals surface area (Å²) in [6, 6.07) is 6.44. The molecule has 0 radical (unpaired) electrons. The third kappa shape index (κ3) is 8.60. The Kier molecular flexibility index (Phi) is 11.9. The molecule has 8 N–H and O–H groups in total. The monoisotopic (exact) mass is 540 g/mol. The number of nitrogens with zero attached hydrogens (tertiary/aromatic N) is 3. The van der Waals surface area contributed by atoms with Gasteiger partial charge in [0.15, 0.2) is 0 Å². The van der Waals surface area contributed by atoms with Gasteiger partial charge >= 0.3 is 11.9 Å². The number of guanidine groups is 1. The average Bonchev–Trinajstić information content (AvgIpc) is 2.81. The second kappa shape index (κ2) is 14.3. The van der Waals surface area contributed by atoms with Gasteiger partial charge in [0.1, 0.15) is 11.8 Å². The maximum absolute atomic E-state index is 12.6. The van der Waals surface area contributed by atoms with Crippen LogP contribution in [0.25, 0.3) is 5.52 Å². The number of carbonyl (C=O) groups is 2. The number of aromatic nitrogens is 3. The number of carboxylic acids is 1. The number of anilines is 1. The number of ether oxygens (including phenoxy) is 1. The smallest absolute Gasteiger partial charge is 0.338 e. The summed E-state index contributed by atoms with van der Waals surface area (Å²) in [6.07, 6.45) is 5.09. The van der Waals surface area contributed by atoms with Gasteiger partial charge in [-0.15, -0.1) is 12.4 Å². The maximum atomic E-state index is 12.6. The SMILES string of the molecule is Cl.NC(N)=[NH+]CCCOc1ccc2cc(C(=O)NCC(Nc3ncccn3)C(=O)O)cc(=O)n2c1.[Cl-]. The molecule has 3 aromatic rings. The highest BCUT2D eigenvalue weighted by Crippen LogP contribution is 2.13. The fraction of sp³-hybridized carbons (Fsp3) is 0.238. The number of nitrogens with one attached hydrogen (secondary N) is 3. The molecule has 3 rings (SSSR count). The van der Waals surface area contributed by atoms with Crippen LogP contribution in [-0.4, -0.2) is 63.0 Å². The Balaban J connectivity index is 0.00000324. The van der Waals surface area contributed by atoms with E-state index in [1.807, 2.05) is 0 Å². The molecular weight excluding hydrogens is 515 g/mol. The number of hydrogen-bond donors (Lipinski definition) is 6. The molecule has 0 aliphatic rings. The molecule has 3 aromatic heterocycles. The maximum Gasteiger partial charge on any atom is 0.338 e. The van der Waals surface area contributed by atoms with Crippen LogP contribution in [0.3, 0.4) is 0 Å². The van der Waals surface area contributed by atoms with Gasteiger partial charge in [0.2, 0.25) is 5.95 Å². The molecule has 1 atom stereocenters. The molecule has 0 aliphatic heterocycles. The van der Waals surface area contributed by atoms with E-state index in [2.05, 4.69) is 25.6 Å². The van der Waals surface area contributed by atoms with Gasteiger partial charge in [0.25, 0.3) is 11.5 Å². The summed E-state index contributed by atoms with van der Waals surface area (Å²) < 4.78 is 6.97. The standard InChI is InChI=1S/C21H24N8O5.2ClH/c22-20(23)24-7-2-8-34-15-4-3-14-9-13(10-17(30)29(14)12-15)18(31)27-11-16(19(32)33)28-21-25-5-1-6-26-21;;/h1,3-6,9-10,12,16H,2,7-8,11H2,(H,27,31)(H,32,33)(H4,22,23,24)(H,25,26,28);2*1H. The van der Waals surface area contributed by atoms with Crippen molar-refractivity contribution in [1.82, 2.24) is 19.7 Å². The Morgan fingerprint density at radius 1 is 1.19 bits per heavy atom. The lowest BCUT2D eigenvalue weighted by Crippen LogP contribution is -3.00.